The van der Waals surface area contributed by atoms with Crippen LogP contribution < -0.4 is 10.6 Å². The maximum atomic E-state index is 11.8. The molecule has 1 rings (SSSR count). The molecular weight excluding hydrogens is 296 g/mol. The van der Waals surface area contributed by atoms with Gasteiger partial charge in [-0.3, -0.25) is 9.59 Å². The number of ether oxygens (including phenoxy) is 1. The van der Waals surface area contributed by atoms with Crippen LogP contribution >= 0.6 is 11.6 Å². The number of hydrogen-bond donors (Lipinski definition) is 3. The van der Waals surface area contributed by atoms with Crippen molar-refractivity contribution in [1.29, 1.82) is 0 Å². The number of carbonyl (C=O) groups is 2. The van der Waals surface area contributed by atoms with Crippen molar-refractivity contribution < 1.29 is 19.4 Å². The molecule has 0 saturated carbocycles. The van der Waals surface area contributed by atoms with Gasteiger partial charge in [-0.05, 0) is 31.2 Å². The summed E-state index contributed by atoms with van der Waals surface area (Å²) < 4.78 is 4.88. The van der Waals surface area contributed by atoms with Crippen molar-refractivity contribution in [1.82, 2.24) is 5.32 Å². The number of carboxylic acid groups (broad SMARTS) is 1. The second kappa shape index (κ2) is 9.33. The third-order valence-corrected chi connectivity index (χ3v) is 2.95. The van der Waals surface area contributed by atoms with E-state index in [4.69, 9.17) is 21.4 Å². The predicted molar refractivity (Wildman–Crippen MR) is 80.6 cm³/mol. The maximum absolute atomic E-state index is 11.8. The number of carboxylic acids is 1. The summed E-state index contributed by atoms with van der Waals surface area (Å²) in [7, 11) is 1.58. The summed E-state index contributed by atoms with van der Waals surface area (Å²) in [5.41, 5.74) is 0.538. The highest BCUT2D eigenvalue weighted by Crippen LogP contribution is 2.15. The molecule has 7 heteroatoms. The molecule has 0 spiro atoms. The first-order chi connectivity index (χ1) is 10.0. The van der Waals surface area contributed by atoms with Crippen molar-refractivity contribution in [3.8, 4) is 0 Å². The second-order valence-corrected chi connectivity index (χ2v) is 4.89. The lowest BCUT2D eigenvalue weighted by molar-refractivity contribution is -0.141. The van der Waals surface area contributed by atoms with E-state index >= 15 is 0 Å². The van der Waals surface area contributed by atoms with Crippen LogP contribution in [0.25, 0.3) is 0 Å². The average Bonchev–Trinajstić information content (AvgIpc) is 2.42. The van der Waals surface area contributed by atoms with Crippen LogP contribution in [0.4, 0.5) is 5.69 Å². The Hall–Kier alpha value is -1.63. The molecule has 1 amide bonds. The second-order valence-electron chi connectivity index (χ2n) is 4.45. The van der Waals surface area contributed by atoms with E-state index in [0.717, 1.165) is 0 Å². The molecule has 1 unspecified atom stereocenters. The molecule has 1 aromatic rings. The van der Waals surface area contributed by atoms with Crippen molar-refractivity contribution >= 4 is 29.2 Å². The van der Waals surface area contributed by atoms with Crippen LogP contribution in [-0.2, 0) is 14.3 Å². The summed E-state index contributed by atoms with van der Waals surface area (Å²) in [5, 5.41) is 15.0. The van der Waals surface area contributed by atoms with E-state index in [0.29, 0.717) is 30.3 Å². The average molecular weight is 315 g/mol. The first kappa shape index (κ1) is 17.4. The number of amides is 1. The molecule has 0 aromatic heterocycles. The fourth-order valence-electron chi connectivity index (χ4n) is 1.70. The van der Waals surface area contributed by atoms with Gasteiger partial charge in [0.05, 0.1) is 6.42 Å². The lowest BCUT2D eigenvalue weighted by atomic mass is 10.2. The van der Waals surface area contributed by atoms with Gasteiger partial charge in [-0.25, -0.2) is 0 Å². The van der Waals surface area contributed by atoms with E-state index < -0.39 is 12.0 Å². The molecule has 0 aliphatic carbocycles. The van der Waals surface area contributed by atoms with Gasteiger partial charge in [0.25, 0.3) is 0 Å². The highest BCUT2D eigenvalue weighted by Gasteiger charge is 2.20. The Kier molecular flexibility index (Phi) is 7.74. The van der Waals surface area contributed by atoms with Crippen molar-refractivity contribution in [2.45, 2.75) is 18.9 Å². The van der Waals surface area contributed by atoms with Crippen LogP contribution in [0.3, 0.4) is 0 Å². The van der Waals surface area contributed by atoms with Crippen LogP contribution in [0.15, 0.2) is 24.3 Å². The van der Waals surface area contributed by atoms with Gasteiger partial charge >= 0.3 is 5.97 Å². The van der Waals surface area contributed by atoms with E-state index in [9.17, 15) is 9.59 Å². The Morgan fingerprint density at radius 3 is 2.81 bits per heavy atom. The van der Waals surface area contributed by atoms with Gasteiger partial charge in [0.1, 0.15) is 6.04 Å². The first-order valence-electron chi connectivity index (χ1n) is 6.53. The van der Waals surface area contributed by atoms with Gasteiger partial charge < -0.3 is 20.5 Å². The van der Waals surface area contributed by atoms with Crippen LogP contribution in [0.5, 0.6) is 0 Å². The molecule has 1 aromatic carbocycles. The number of carbonyl (C=O) groups excluding carboxylic acids is 1. The third-order valence-electron chi connectivity index (χ3n) is 2.71. The van der Waals surface area contributed by atoms with E-state index in [1.54, 1.807) is 31.4 Å². The topological polar surface area (TPSA) is 87.7 Å². The number of anilines is 1. The zero-order chi connectivity index (χ0) is 15.7. The molecule has 21 heavy (non-hydrogen) atoms. The summed E-state index contributed by atoms with van der Waals surface area (Å²) in [4.78, 5) is 23.0. The highest BCUT2D eigenvalue weighted by atomic mass is 35.5. The predicted octanol–water partition coefficient (Wildman–Crippen LogP) is 1.75. The van der Waals surface area contributed by atoms with Crippen molar-refractivity contribution in [3.63, 3.8) is 0 Å². The zero-order valence-corrected chi connectivity index (χ0v) is 12.5. The van der Waals surface area contributed by atoms with E-state index in [2.05, 4.69) is 10.6 Å². The number of benzene rings is 1. The number of rotatable bonds is 9. The third kappa shape index (κ3) is 7.08. The molecule has 0 bridgehead atoms. The van der Waals surface area contributed by atoms with E-state index in [1.807, 2.05) is 0 Å². The number of hydrogen-bond acceptors (Lipinski definition) is 4. The summed E-state index contributed by atoms with van der Waals surface area (Å²) in [6, 6.07) is 5.75. The molecule has 3 N–H and O–H groups in total. The molecule has 6 nitrogen and oxygen atoms in total. The van der Waals surface area contributed by atoms with Gasteiger partial charge in [0, 0.05) is 24.4 Å². The summed E-state index contributed by atoms with van der Waals surface area (Å²) in [6.45, 7) is 1.00. The summed E-state index contributed by atoms with van der Waals surface area (Å²) in [6.07, 6.45) is 0.519. The molecule has 0 aliphatic heterocycles. The van der Waals surface area contributed by atoms with Crippen LogP contribution in [0, 0.1) is 0 Å². The largest absolute Gasteiger partial charge is 0.480 e. The highest BCUT2D eigenvalue weighted by molar-refractivity contribution is 6.30. The Labute approximate surface area is 128 Å². The molecule has 0 radical (unpaired) electrons. The van der Waals surface area contributed by atoms with Crippen molar-refractivity contribution in [3.05, 3.63) is 29.3 Å². The lowest BCUT2D eigenvalue weighted by Gasteiger charge is -2.14. The van der Waals surface area contributed by atoms with Gasteiger partial charge in [0.15, 0.2) is 0 Å². The fourth-order valence-corrected chi connectivity index (χ4v) is 1.89. The Bertz CT molecular complexity index is 482. The monoisotopic (exact) mass is 314 g/mol. The normalized spacial score (nSPS) is 11.9. The smallest absolute Gasteiger partial charge is 0.321 e. The van der Waals surface area contributed by atoms with E-state index in [-0.39, 0.29) is 12.3 Å². The minimum absolute atomic E-state index is 0.158. The minimum Gasteiger partial charge on any atom is -0.480 e. The number of halogens is 1. The Morgan fingerprint density at radius 1 is 1.43 bits per heavy atom. The molecule has 0 saturated heterocycles. The SMILES string of the molecule is COCCCNC(CC(=O)Nc1cccc(Cl)c1)C(=O)O. The van der Waals surface area contributed by atoms with Crippen molar-refractivity contribution in [2.24, 2.45) is 0 Å². The molecular formula is C14H19ClN2O4. The number of aliphatic carboxylic acids is 1. The molecule has 0 fully saturated rings. The number of nitrogens with one attached hydrogen (secondary N) is 2. The fraction of sp³-hybridized carbons (Fsp3) is 0.429. The van der Waals surface area contributed by atoms with Crippen molar-refractivity contribution in [2.75, 3.05) is 25.6 Å². The molecule has 0 aliphatic rings. The maximum Gasteiger partial charge on any atom is 0.321 e. The van der Waals surface area contributed by atoms with Crippen LogP contribution in [-0.4, -0.2) is 43.3 Å². The zero-order valence-electron chi connectivity index (χ0n) is 11.8. The molecule has 0 heterocycles. The Morgan fingerprint density at radius 2 is 2.19 bits per heavy atom. The van der Waals surface area contributed by atoms with Gasteiger partial charge in [-0.15, -0.1) is 0 Å². The lowest BCUT2D eigenvalue weighted by Crippen LogP contribution is -2.40. The molecule has 116 valence electrons. The number of methoxy groups -OCH3 is 1. The molecule has 1 atom stereocenters. The minimum atomic E-state index is -1.06. The first-order valence-corrected chi connectivity index (χ1v) is 6.91. The van der Waals surface area contributed by atoms with Crippen LogP contribution in [0.2, 0.25) is 5.02 Å². The van der Waals surface area contributed by atoms with Gasteiger partial charge in [-0.1, -0.05) is 17.7 Å². The summed E-state index contributed by atoms with van der Waals surface area (Å²) in [5.74, 6) is -1.45. The summed E-state index contributed by atoms with van der Waals surface area (Å²) >= 11 is 5.81. The van der Waals surface area contributed by atoms with Gasteiger partial charge in [-0.2, -0.15) is 0 Å². The van der Waals surface area contributed by atoms with Gasteiger partial charge in [0.2, 0.25) is 5.91 Å². The quantitative estimate of drug-likeness (QED) is 0.604. The van der Waals surface area contributed by atoms with Crippen LogP contribution in [0.1, 0.15) is 12.8 Å². The van der Waals surface area contributed by atoms with E-state index in [1.165, 1.54) is 0 Å². The Balaban J connectivity index is 2.46. The standard InChI is InChI=1S/C14H19ClN2O4/c1-21-7-3-6-16-12(14(19)20)9-13(18)17-11-5-2-4-10(15)8-11/h2,4-5,8,12,16H,3,6-7,9H2,1H3,(H,17,18)(H,19,20).